The number of thioether (sulfide) groups is 1. The zero-order valence-corrected chi connectivity index (χ0v) is 20.9. The second-order valence-corrected chi connectivity index (χ2v) is 9.66. The number of carbonyl (C=O) groups excluding carboxylic acids is 1. The summed E-state index contributed by atoms with van der Waals surface area (Å²) in [6, 6.07) is 28.2. The molecular formula is C28H25N5O3S. The van der Waals surface area contributed by atoms with Gasteiger partial charge in [0.2, 0.25) is 0 Å². The number of nitro benzene ring substituents is 1. The van der Waals surface area contributed by atoms with Crippen molar-refractivity contribution in [3.63, 3.8) is 0 Å². The molecule has 5 rings (SSSR count). The lowest BCUT2D eigenvalue weighted by molar-refractivity contribution is -0.384. The smallest absolute Gasteiger partial charge is 0.269 e. The Labute approximate surface area is 219 Å². The van der Waals surface area contributed by atoms with Crippen LogP contribution in [-0.4, -0.2) is 52.1 Å². The largest absolute Gasteiger partial charge is 0.368 e. The first kappa shape index (κ1) is 24.5. The first-order valence-corrected chi connectivity index (χ1v) is 12.9. The zero-order chi connectivity index (χ0) is 25.6. The second kappa shape index (κ2) is 11.2. The molecule has 0 bridgehead atoms. The van der Waals surface area contributed by atoms with Crippen LogP contribution in [-0.2, 0) is 5.75 Å². The van der Waals surface area contributed by atoms with Crippen LogP contribution < -0.4 is 4.90 Å². The molecule has 1 aliphatic rings. The summed E-state index contributed by atoms with van der Waals surface area (Å²) in [5.74, 6) is 0.705. The van der Waals surface area contributed by atoms with E-state index in [0.29, 0.717) is 37.5 Å². The number of hydrogen-bond donors (Lipinski definition) is 0. The molecule has 2 heterocycles. The van der Waals surface area contributed by atoms with Gasteiger partial charge in [0.05, 0.1) is 10.6 Å². The van der Waals surface area contributed by atoms with Gasteiger partial charge in [0.15, 0.2) is 0 Å². The van der Waals surface area contributed by atoms with Crippen LogP contribution in [0.1, 0.15) is 15.9 Å². The first-order valence-electron chi connectivity index (χ1n) is 12.0. The SMILES string of the molecule is O=C(c1cccc(CSc2ccc(-c3ccccc3)nn2)c1)N1CCN(c2ccc([N+](=O)[O-])cc2)CC1. The number of nitro groups is 1. The molecule has 0 unspecified atom stereocenters. The Hall–Kier alpha value is -4.24. The van der Waals surface area contributed by atoms with E-state index in [1.165, 1.54) is 12.1 Å². The van der Waals surface area contributed by atoms with Gasteiger partial charge in [0, 0.05) is 60.9 Å². The average molecular weight is 512 g/mol. The van der Waals surface area contributed by atoms with Crippen molar-refractivity contribution in [2.75, 3.05) is 31.1 Å². The van der Waals surface area contributed by atoms with Crippen LogP contribution >= 0.6 is 11.8 Å². The number of nitrogens with zero attached hydrogens (tertiary/aromatic N) is 5. The van der Waals surface area contributed by atoms with E-state index in [0.717, 1.165) is 27.5 Å². The van der Waals surface area contributed by atoms with Gasteiger partial charge in [-0.05, 0) is 42.0 Å². The van der Waals surface area contributed by atoms with Crippen molar-refractivity contribution < 1.29 is 9.72 Å². The molecule has 0 saturated carbocycles. The second-order valence-electron chi connectivity index (χ2n) is 8.66. The Kier molecular flexibility index (Phi) is 7.41. The summed E-state index contributed by atoms with van der Waals surface area (Å²) in [5, 5.41) is 20.4. The standard InChI is InChI=1S/C28H25N5O3S/c34-28(32-17-15-31(16-18-32)24-9-11-25(12-10-24)33(35)36)23-8-4-5-21(19-23)20-37-27-14-13-26(29-30-27)22-6-2-1-3-7-22/h1-14,19H,15-18,20H2. The van der Waals surface area contributed by atoms with E-state index in [4.69, 9.17) is 0 Å². The van der Waals surface area contributed by atoms with Crippen molar-refractivity contribution in [3.8, 4) is 11.3 Å². The van der Waals surface area contributed by atoms with Crippen LogP contribution in [0.25, 0.3) is 11.3 Å². The average Bonchev–Trinajstić information content (AvgIpc) is 2.97. The van der Waals surface area contributed by atoms with Crippen LogP contribution in [0.2, 0.25) is 0 Å². The molecule has 3 aromatic carbocycles. The molecule has 0 atom stereocenters. The highest BCUT2D eigenvalue weighted by Gasteiger charge is 2.23. The summed E-state index contributed by atoms with van der Waals surface area (Å²) in [5.41, 5.74) is 4.60. The topological polar surface area (TPSA) is 92.5 Å². The minimum atomic E-state index is -0.401. The number of amides is 1. The highest BCUT2D eigenvalue weighted by molar-refractivity contribution is 7.98. The normalized spacial score (nSPS) is 13.4. The molecule has 1 saturated heterocycles. The summed E-state index contributed by atoms with van der Waals surface area (Å²) in [6.07, 6.45) is 0. The first-order chi connectivity index (χ1) is 18.1. The Morgan fingerprint density at radius 3 is 2.30 bits per heavy atom. The molecule has 1 aliphatic heterocycles. The van der Waals surface area contributed by atoms with Gasteiger partial charge in [-0.15, -0.1) is 10.2 Å². The molecular weight excluding hydrogens is 486 g/mol. The quantitative estimate of drug-likeness (QED) is 0.189. The van der Waals surface area contributed by atoms with E-state index in [1.807, 2.05) is 71.6 Å². The highest BCUT2D eigenvalue weighted by Crippen LogP contribution is 2.24. The Morgan fingerprint density at radius 1 is 0.865 bits per heavy atom. The number of non-ortho nitro benzene ring substituents is 1. The summed E-state index contributed by atoms with van der Waals surface area (Å²) in [4.78, 5) is 27.7. The molecule has 1 fully saturated rings. The van der Waals surface area contributed by atoms with Gasteiger partial charge in [0.25, 0.3) is 11.6 Å². The Balaban J connectivity index is 1.16. The van der Waals surface area contributed by atoms with E-state index in [2.05, 4.69) is 15.1 Å². The fourth-order valence-corrected chi connectivity index (χ4v) is 5.00. The highest BCUT2D eigenvalue weighted by atomic mass is 32.2. The van der Waals surface area contributed by atoms with Gasteiger partial charge in [0.1, 0.15) is 5.03 Å². The van der Waals surface area contributed by atoms with Crippen LogP contribution in [0.15, 0.2) is 96.0 Å². The van der Waals surface area contributed by atoms with Crippen molar-refractivity contribution in [1.82, 2.24) is 15.1 Å². The number of hydrogen-bond acceptors (Lipinski definition) is 7. The monoisotopic (exact) mass is 511 g/mol. The number of anilines is 1. The lowest BCUT2D eigenvalue weighted by Gasteiger charge is -2.36. The predicted octanol–water partition coefficient (Wildman–Crippen LogP) is 5.31. The summed E-state index contributed by atoms with van der Waals surface area (Å²) in [7, 11) is 0. The summed E-state index contributed by atoms with van der Waals surface area (Å²) < 4.78 is 0. The van der Waals surface area contributed by atoms with E-state index in [-0.39, 0.29) is 11.6 Å². The van der Waals surface area contributed by atoms with Crippen molar-refractivity contribution in [2.45, 2.75) is 10.8 Å². The molecule has 8 nitrogen and oxygen atoms in total. The molecule has 1 aromatic heterocycles. The summed E-state index contributed by atoms with van der Waals surface area (Å²) >= 11 is 1.59. The number of aromatic nitrogens is 2. The third-order valence-electron chi connectivity index (χ3n) is 6.26. The van der Waals surface area contributed by atoms with E-state index >= 15 is 0 Å². The van der Waals surface area contributed by atoms with Crippen LogP contribution in [0, 0.1) is 10.1 Å². The lowest BCUT2D eigenvalue weighted by Crippen LogP contribution is -2.48. The molecule has 186 valence electrons. The van der Waals surface area contributed by atoms with Gasteiger partial charge in [-0.3, -0.25) is 14.9 Å². The van der Waals surface area contributed by atoms with Gasteiger partial charge in [-0.25, -0.2) is 0 Å². The van der Waals surface area contributed by atoms with Crippen LogP contribution in [0.4, 0.5) is 11.4 Å². The maximum atomic E-state index is 13.2. The van der Waals surface area contributed by atoms with Crippen molar-refractivity contribution in [1.29, 1.82) is 0 Å². The minimum Gasteiger partial charge on any atom is -0.368 e. The van der Waals surface area contributed by atoms with Gasteiger partial charge >= 0.3 is 0 Å². The molecule has 9 heteroatoms. The molecule has 1 amide bonds. The molecule has 0 aliphatic carbocycles. The van der Waals surface area contributed by atoms with Crippen molar-refractivity contribution >= 4 is 29.0 Å². The Morgan fingerprint density at radius 2 is 1.62 bits per heavy atom. The van der Waals surface area contributed by atoms with E-state index in [1.54, 1.807) is 23.9 Å². The van der Waals surface area contributed by atoms with Gasteiger partial charge < -0.3 is 9.80 Å². The number of benzene rings is 3. The number of piperazine rings is 1. The molecule has 4 aromatic rings. The van der Waals surface area contributed by atoms with Crippen LogP contribution in [0.5, 0.6) is 0 Å². The molecule has 37 heavy (non-hydrogen) atoms. The number of rotatable bonds is 7. The van der Waals surface area contributed by atoms with Crippen LogP contribution in [0.3, 0.4) is 0 Å². The fraction of sp³-hybridized carbons (Fsp3) is 0.179. The molecule has 0 radical (unpaired) electrons. The minimum absolute atomic E-state index is 0.0159. The lowest BCUT2D eigenvalue weighted by atomic mass is 10.1. The van der Waals surface area contributed by atoms with Crippen molar-refractivity contribution in [3.05, 3.63) is 112 Å². The van der Waals surface area contributed by atoms with Gasteiger partial charge in [-0.1, -0.05) is 54.2 Å². The Bertz CT molecular complexity index is 1370. The molecule has 0 spiro atoms. The van der Waals surface area contributed by atoms with Gasteiger partial charge in [-0.2, -0.15) is 0 Å². The third kappa shape index (κ3) is 5.95. The maximum absolute atomic E-state index is 13.2. The number of carbonyl (C=O) groups is 1. The maximum Gasteiger partial charge on any atom is 0.269 e. The van der Waals surface area contributed by atoms with E-state index < -0.39 is 4.92 Å². The zero-order valence-electron chi connectivity index (χ0n) is 20.1. The van der Waals surface area contributed by atoms with E-state index in [9.17, 15) is 14.9 Å². The summed E-state index contributed by atoms with van der Waals surface area (Å²) in [6.45, 7) is 2.55. The third-order valence-corrected chi connectivity index (χ3v) is 7.25. The predicted molar refractivity (Wildman–Crippen MR) is 145 cm³/mol. The van der Waals surface area contributed by atoms with Crippen molar-refractivity contribution in [2.24, 2.45) is 0 Å². The molecule has 0 N–H and O–H groups in total. The fourth-order valence-electron chi connectivity index (χ4n) is 4.25.